The first-order chi connectivity index (χ1) is 15.5. The van der Waals surface area contributed by atoms with Crippen LogP contribution in [0.25, 0.3) is 11.1 Å². The van der Waals surface area contributed by atoms with Crippen LogP contribution >= 0.6 is 0 Å². The van der Waals surface area contributed by atoms with Crippen molar-refractivity contribution < 1.29 is 14.6 Å². The van der Waals surface area contributed by atoms with Crippen molar-refractivity contribution in [1.29, 1.82) is 0 Å². The minimum absolute atomic E-state index is 0.0416. The van der Waals surface area contributed by atoms with Crippen molar-refractivity contribution >= 4 is 5.91 Å². The van der Waals surface area contributed by atoms with Crippen molar-refractivity contribution in [2.24, 2.45) is 11.8 Å². The number of aliphatic hydroxyl groups excluding tert-OH is 1. The molecule has 170 valence electrons. The summed E-state index contributed by atoms with van der Waals surface area (Å²) in [4.78, 5) is 31.3. The molecule has 2 aromatic rings. The molecule has 2 saturated heterocycles. The van der Waals surface area contributed by atoms with Crippen molar-refractivity contribution in [3.8, 4) is 16.9 Å². The largest absolute Gasteiger partial charge is 0.497 e. The van der Waals surface area contributed by atoms with Gasteiger partial charge in [0.05, 0.1) is 19.1 Å². The number of likely N-dealkylation sites (N-methyl/N-ethyl adjacent to an activating group) is 1. The van der Waals surface area contributed by atoms with E-state index in [1.165, 1.54) is 0 Å². The highest BCUT2D eigenvalue weighted by atomic mass is 16.5. The zero-order chi connectivity index (χ0) is 22.4. The fraction of sp³-hybridized carbons (Fsp3) is 0.520. The van der Waals surface area contributed by atoms with E-state index in [1.807, 2.05) is 52.9 Å². The second-order valence-electron chi connectivity index (χ2n) is 9.25. The lowest BCUT2D eigenvalue weighted by Gasteiger charge is -2.36. The van der Waals surface area contributed by atoms with Crippen molar-refractivity contribution in [3.05, 3.63) is 52.4 Å². The molecule has 1 aromatic heterocycles. The maximum absolute atomic E-state index is 13.6. The lowest BCUT2D eigenvalue weighted by Crippen LogP contribution is -2.45. The first-order valence-electron chi connectivity index (χ1n) is 11.5. The number of carbonyl (C=O) groups is 1. The molecule has 0 unspecified atom stereocenters. The Labute approximate surface area is 188 Å². The van der Waals surface area contributed by atoms with Gasteiger partial charge in [0, 0.05) is 49.5 Å². The summed E-state index contributed by atoms with van der Waals surface area (Å²) < 4.78 is 7.07. The lowest BCUT2D eigenvalue weighted by molar-refractivity contribution is -0.139. The van der Waals surface area contributed by atoms with Gasteiger partial charge < -0.3 is 19.3 Å². The highest BCUT2D eigenvalue weighted by Gasteiger charge is 2.55. The van der Waals surface area contributed by atoms with Crippen molar-refractivity contribution in [2.75, 3.05) is 33.9 Å². The molecule has 4 atom stereocenters. The number of aromatic nitrogens is 1. The van der Waals surface area contributed by atoms with Gasteiger partial charge >= 0.3 is 0 Å². The number of piperidine rings is 1. The molecule has 0 spiro atoms. The number of ether oxygens (including phenoxy) is 1. The van der Waals surface area contributed by atoms with E-state index in [0.29, 0.717) is 12.1 Å². The monoisotopic (exact) mass is 437 g/mol. The van der Waals surface area contributed by atoms with Crippen LogP contribution in [0.3, 0.4) is 0 Å². The number of hydrogen-bond donors (Lipinski definition) is 1. The first kappa shape index (κ1) is 21.2. The van der Waals surface area contributed by atoms with Crippen LogP contribution in [0.1, 0.15) is 31.0 Å². The molecule has 1 N–H and O–H groups in total. The van der Waals surface area contributed by atoms with Gasteiger partial charge in [-0.05, 0) is 56.1 Å². The van der Waals surface area contributed by atoms with E-state index in [2.05, 4.69) is 4.90 Å². The molecule has 4 heterocycles. The first-order valence-corrected chi connectivity index (χ1v) is 11.5. The number of carbonyl (C=O) groups excluding carboxylic acids is 1. The summed E-state index contributed by atoms with van der Waals surface area (Å²) in [5, 5.41) is 10.3. The number of pyridine rings is 1. The Balaban J connectivity index is 1.55. The number of likely N-dealkylation sites (tertiary alicyclic amines) is 1. The Morgan fingerprint density at radius 2 is 1.81 bits per heavy atom. The van der Waals surface area contributed by atoms with E-state index in [-0.39, 0.29) is 42.0 Å². The fourth-order valence-electron chi connectivity index (χ4n) is 5.99. The molecule has 3 aliphatic rings. The zero-order valence-corrected chi connectivity index (χ0v) is 18.7. The van der Waals surface area contributed by atoms with Gasteiger partial charge in [0.1, 0.15) is 5.75 Å². The van der Waals surface area contributed by atoms with Crippen LogP contribution in [-0.4, -0.2) is 65.3 Å². The topological polar surface area (TPSA) is 75.0 Å². The third-order valence-electron chi connectivity index (χ3n) is 7.70. The summed E-state index contributed by atoms with van der Waals surface area (Å²) in [6, 6.07) is 11.1. The molecule has 0 aliphatic carbocycles. The van der Waals surface area contributed by atoms with E-state index in [1.54, 1.807) is 7.11 Å². The maximum atomic E-state index is 13.6. The van der Waals surface area contributed by atoms with Gasteiger partial charge in [0.25, 0.3) is 5.56 Å². The number of benzene rings is 1. The van der Waals surface area contributed by atoms with Crippen LogP contribution in [0.2, 0.25) is 0 Å². The van der Waals surface area contributed by atoms with Crippen LogP contribution in [0.4, 0.5) is 0 Å². The van der Waals surface area contributed by atoms with Gasteiger partial charge in [-0.1, -0.05) is 12.1 Å². The third kappa shape index (κ3) is 3.26. The summed E-state index contributed by atoms with van der Waals surface area (Å²) >= 11 is 0. The van der Waals surface area contributed by atoms with Crippen LogP contribution in [0.15, 0.2) is 41.2 Å². The molecule has 3 aliphatic heterocycles. The van der Waals surface area contributed by atoms with Gasteiger partial charge in [0.2, 0.25) is 5.91 Å². The molecule has 7 nitrogen and oxygen atoms in total. The quantitative estimate of drug-likeness (QED) is 0.793. The average Bonchev–Trinajstić information content (AvgIpc) is 3.01. The molecule has 2 fully saturated rings. The number of fused-ring (bicyclic) bond motifs is 4. The van der Waals surface area contributed by atoms with Crippen molar-refractivity contribution in [3.63, 3.8) is 0 Å². The zero-order valence-electron chi connectivity index (χ0n) is 18.7. The van der Waals surface area contributed by atoms with E-state index in [0.717, 1.165) is 49.4 Å². The van der Waals surface area contributed by atoms with Gasteiger partial charge in [-0.15, -0.1) is 0 Å². The summed E-state index contributed by atoms with van der Waals surface area (Å²) in [6.07, 6.45) is 3.23. The molecule has 1 amide bonds. The van der Waals surface area contributed by atoms with Gasteiger partial charge in [0.15, 0.2) is 0 Å². The van der Waals surface area contributed by atoms with Crippen molar-refractivity contribution in [2.45, 2.75) is 37.9 Å². The molecule has 2 bridgehead atoms. The number of nitrogens with zero attached hydrogens (tertiary/aromatic N) is 3. The predicted octanol–water partition coefficient (Wildman–Crippen LogP) is 2.13. The third-order valence-corrected chi connectivity index (χ3v) is 7.70. The highest BCUT2D eigenvalue weighted by molar-refractivity contribution is 5.81. The molecule has 32 heavy (non-hydrogen) atoms. The van der Waals surface area contributed by atoms with Gasteiger partial charge in [-0.25, -0.2) is 0 Å². The number of aliphatic hydroxyl groups is 1. The molecular weight excluding hydrogens is 406 g/mol. The lowest BCUT2D eigenvalue weighted by atomic mass is 9.85. The summed E-state index contributed by atoms with van der Waals surface area (Å²) in [5.74, 6) is 0.371. The number of methoxy groups -OCH3 is 1. The van der Waals surface area contributed by atoms with Crippen molar-refractivity contribution in [1.82, 2.24) is 14.4 Å². The second-order valence-corrected chi connectivity index (χ2v) is 9.25. The highest BCUT2D eigenvalue weighted by Crippen LogP contribution is 2.48. The van der Waals surface area contributed by atoms with Crippen LogP contribution < -0.4 is 10.3 Å². The minimum atomic E-state index is -0.326. The molecule has 1 aromatic carbocycles. The Morgan fingerprint density at radius 3 is 2.47 bits per heavy atom. The number of amides is 1. The van der Waals surface area contributed by atoms with E-state index >= 15 is 0 Å². The summed E-state index contributed by atoms with van der Waals surface area (Å²) in [7, 11) is 3.64. The van der Waals surface area contributed by atoms with Crippen LogP contribution in [-0.2, 0) is 11.3 Å². The van der Waals surface area contributed by atoms with Crippen LogP contribution in [0.5, 0.6) is 5.75 Å². The van der Waals surface area contributed by atoms with Gasteiger partial charge in [-0.2, -0.15) is 0 Å². The predicted molar refractivity (Wildman–Crippen MR) is 121 cm³/mol. The maximum Gasteiger partial charge on any atom is 0.258 e. The fourth-order valence-corrected chi connectivity index (χ4v) is 5.99. The summed E-state index contributed by atoms with van der Waals surface area (Å²) in [6.45, 7) is 2.01. The molecule has 7 heteroatoms. The Bertz CT molecular complexity index is 1060. The van der Waals surface area contributed by atoms with Gasteiger partial charge in [-0.3, -0.25) is 14.5 Å². The Kier molecular flexibility index (Phi) is 5.55. The Morgan fingerprint density at radius 1 is 1.09 bits per heavy atom. The molecule has 5 rings (SSSR count). The SMILES string of the molecule is COc1ccc(-c2ccc3n(c2=O)C[C@@H]2[C@@H](CO)[C@H](C(=O)N4CCCCC4)[C@H]3N2C)cc1. The average molecular weight is 438 g/mol. The van der Waals surface area contributed by atoms with E-state index < -0.39 is 0 Å². The Hall–Kier alpha value is -2.64. The normalized spacial score (nSPS) is 27.3. The molecule has 0 radical (unpaired) electrons. The standard InChI is InChI=1S/C25H31N3O4/c1-26-21-14-28-20(11-10-18(24(28)30)16-6-8-17(32-2)9-7-16)23(26)22(19(21)15-29)25(31)27-12-4-3-5-13-27/h6-11,19,21-23,29H,3-5,12-15H2,1-2H3/t19-,21-,22+,23+/m1/s1. The summed E-state index contributed by atoms with van der Waals surface area (Å²) in [5.41, 5.74) is 2.31. The van der Waals surface area contributed by atoms with Crippen LogP contribution in [0, 0.1) is 11.8 Å². The van der Waals surface area contributed by atoms with E-state index in [4.69, 9.17) is 4.74 Å². The number of hydrogen-bond acceptors (Lipinski definition) is 5. The minimum Gasteiger partial charge on any atom is -0.497 e. The second kappa shape index (κ2) is 8.37. The van der Waals surface area contributed by atoms with E-state index in [9.17, 15) is 14.7 Å². The number of rotatable bonds is 4. The smallest absolute Gasteiger partial charge is 0.258 e. The molecular formula is C25H31N3O4. The molecule has 0 saturated carbocycles.